The van der Waals surface area contributed by atoms with Gasteiger partial charge < -0.3 is 15.0 Å². The van der Waals surface area contributed by atoms with Crippen LogP contribution in [0, 0.1) is 11.8 Å². The number of rotatable bonds is 2. The maximum absolute atomic E-state index is 13.1. The van der Waals surface area contributed by atoms with Gasteiger partial charge in [0.05, 0.1) is 17.9 Å². The third kappa shape index (κ3) is 2.71. The van der Waals surface area contributed by atoms with Crippen molar-refractivity contribution in [1.82, 2.24) is 10.2 Å². The SMILES string of the molecule is CC(C)C1CNc2ccc3c(c2OC1)C(=O)N(C1CCC(=O)NC1=O)C3. The minimum atomic E-state index is -0.606. The number of piperidine rings is 1. The van der Waals surface area contributed by atoms with E-state index in [9.17, 15) is 14.4 Å². The molecule has 0 radical (unpaired) electrons. The molecule has 0 bridgehead atoms. The molecule has 4 rings (SSSR count). The number of imide groups is 1. The highest BCUT2D eigenvalue weighted by atomic mass is 16.5. The molecule has 0 saturated carbocycles. The van der Waals surface area contributed by atoms with Crippen LogP contribution in [0.25, 0.3) is 0 Å². The predicted octanol–water partition coefficient (Wildman–Crippen LogP) is 1.52. The van der Waals surface area contributed by atoms with Crippen LogP contribution < -0.4 is 15.4 Å². The number of nitrogens with one attached hydrogen (secondary N) is 2. The molecule has 1 aromatic carbocycles. The van der Waals surface area contributed by atoms with Gasteiger partial charge in [-0.25, -0.2) is 0 Å². The minimum Gasteiger partial charge on any atom is -0.490 e. The second-order valence-electron chi connectivity index (χ2n) is 7.57. The Morgan fingerprint density at radius 3 is 2.77 bits per heavy atom. The number of hydrogen-bond acceptors (Lipinski definition) is 5. The Labute approximate surface area is 152 Å². The Bertz CT molecular complexity index is 789. The summed E-state index contributed by atoms with van der Waals surface area (Å²) in [6.45, 7) is 6.04. The molecule has 2 unspecified atom stereocenters. The van der Waals surface area contributed by atoms with Crippen LogP contribution in [-0.4, -0.2) is 41.8 Å². The molecule has 3 heterocycles. The fourth-order valence-electron chi connectivity index (χ4n) is 3.83. The van der Waals surface area contributed by atoms with Gasteiger partial charge in [0.15, 0.2) is 5.75 Å². The van der Waals surface area contributed by atoms with Gasteiger partial charge in [-0.3, -0.25) is 19.7 Å². The molecule has 26 heavy (non-hydrogen) atoms. The first-order chi connectivity index (χ1) is 12.5. The van der Waals surface area contributed by atoms with E-state index in [1.165, 1.54) is 0 Å². The van der Waals surface area contributed by atoms with Crippen LogP contribution in [0.1, 0.15) is 42.6 Å². The molecule has 3 aliphatic heterocycles. The number of hydrogen-bond donors (Lipinski definition) is 2. The molecule has 1 fully saturated rings. The number of amides is 3. The highest BCUT2D eigenvalue weighted by Crippen LogP contribution is 2.40. The van der Waals surface area contributed by atoms with Crippen LogP contribution >= 0.6 is 0 Å². The van der Waals surface area contributed by atoms with Gasteiger partial charge in [-0.05, 0) is 24.0 Å². The number of ether oxygens (including phenoxy) is 1. The maximum atomic E-state index is 13.1. The van der Waals surface area contributed by atoms with Crippen molar-refractivity contribution in [1.29, 1.82) is 0 Å². The summed E-state index contributed by atoms with van der Waals surface area (Å²) in [4.78, 5) is 38.2. The van der Waals surface area contributed by atoms with Crippen LogP contribution in [0.3, 0.4) is 0 Å². The second kappa shape index (κ2) is 6.30. The Morgan fingerprint density at radius 2 is 2.04 bits per heavy atom. The van der Waals surface area contributed by atoms with Gasteiger partial charge in [-0.2, -0.15) is 0 Å². The molecule has 2 atom stereocenters. The smallest absolute Gasteiger partial charge is 0.259 e. The fourth-order valence-corrected chi connectivity index (χ4v) is 3.83. The van der Waals surface area contributed by atoms with E-state index in [4.69, 9.17) is 4.74 Å². The molecule has 0 aliphatic carbocycles. The quantitative estimate of drug-likeness (QED) is 0.784. The molecule has 0 spiro atoms. The van der Waals surface area contributed by atoms with Crippen molar-refractivity contribution in [2.24, 2.45) is 11.8 Å². The molecule has 138 valence electrons. The van der Waals surface area contributed by atoms with Gasteiger partial charge in [-0.1, -0.05) is 19.9 Å². The number of benzene rings is 1. The molecule has 1 aromatic rings. The number of carbonyl (C=O) groups is 3. The first-order valence-corrected chi connectivity index (χ1v) is 9.13. The summed E-state index contributed by atoms with van der Waals surface area (Å²) in [6, 6.07) is 3.26. The molecule has 1 saturated heterocycles. The third-order valence-electron chi connectivity index (χ3n) is 5.58. The Hall–Kier alpha value is -2.57. The van der Waals surface area contributed by atoms with Crippen molar-refractivity contribution in [2.45, 2.75) is 39.3 Å². The van der Waals surface area contributed by atoms with Gasteiger partial charge in [0, 0.05) is 25.4 Å². The zero-order valence-corrected chi connectivity index (χ0v) is 15.0. The lowest BCUT2D eigenvalue weighted by atomic mass is 9.97. The average molecular weight is 357 g/mol. The monoisotopic (exact) mass is 357 g/mol. The Balaban J connectivity index is 1.62. The van der Waals surface area contributed by atoms with Crippen LogP contribution in [0.2, 0.25) is 0 Å². The van der Waals surface area contributed by atoms with Gasteiger partial charge >= 0.3 is 0 Å². The van der Waals surface area contributed by atoms with E-state index >= 15 is 0 Å². The number of anilines is 1. The lowest BCUT2D eigenvalue weighted by Gasteiger charge is -2.29. The van der Waals surface area contributed by atoms with Crippen molar-refractivity contribution < 1.29 is 19.1 Å². The van der Waals surface area contributed by atoms with E-state index in [0.717, 1.165) is 17.8 Å². The summed E-state index contributed by atoms with van der Waals surface area (Å²) >= 11 is 0. The predicted molar refractivity (Wildman–Crippen MR) is 94.8 cm³/mol. The van der Waals surface area contributed by atoms with Crippen molar-refractivity contribution in [3.05, 3.63) is 23.3 Å². The second-order valence-corrected chi connectivity index (χ2v) is 7.57. The third-order valence-corrected chi connectivity index (χ3v) is 5.58. The van der Waals surface area contributed by atoms with Gasteiger partial charge in [0.2, 0.25) is 11.8 Å². The summed E-state index contributed by atoms with van der Waals surface area (Å²) in [5, 5.41) is 5.72. The lowest BCUT2D eigenvalue weighted by molar-refractivity contribution is -0.136. The molecule has 7 nitrogen and oxygen atoms in total. The standard InChI is InChI=1S/C19H23N3O4/c1-10(2)12-7-20-13-4-3-11-8-22(14-5-6-15(23)21-18(14)24)19(25)16(11)17(13)26-9-12/h3-4,10,12,14,20H,5-9H2,1-2H3,(H,21,23,24). The zero-order valence-electron chi connectivity index (χ0n) is 15.0. The maximum Gasteiger partial charge on any atom is 0.259 e. The molecule has 2 N–H and O–H groups in total. The summed E-state index contributed by atoms with van der Waals surface area (Å²) in [7, 11) is 0. The first-order valence-electron chi connectivity index (χ1n) is 9.13. The molecular formula is C19H23N3O4. The summed E-state index contributed by atoms with van der Waals surface area (Å²) in [5.74, 6) is 0.548. The molecule has 3 amide bonds. The van der Waals surface area contributed by atoms with Crippen molar-refractivity contribution in [2.75, 3.05) is 18.5 Å². The Kier molecular flexibility index (Phi) is 4.09. The topological polar surface area (TPSA) is 87.7 Å². The molecule has 0 aromatic heterocycles. The van der Waals surface area contributed by atoms with E-state index in [0.29, 0.717) is 42.7 Å². The number of carbonyl (C=O) groups excluding carboxylic acids is 3. The first kappa shape index (κ1) is 16.9. The van der Waals surface area contributed by atoms with Gasteiger partial charge in [0.1, 0.15) is 6.04 Å². The van der Waals surface area contributed by atoms with Crippen LogP contribution in [-0.2, 0) is 16.1 Å². The molecular weight excluding hydrogens is 334 g/mol. The van der Waals surface area contributed by atoms with E-state index in [2.05, 4.69) is 24.5 Å². The minimum absolute atomic E-state index is 0.198. The van der Waals surface area contributed by atoms with Crippen molar-refractivity contribution in [3.8, 4) is 5.75 Å². The highest BCUT2D eigenvalue weighted by molar-refractivity contribution is 6.07. The lowest BCUT2D eigenvalue weighted by Crippen LogP contribution is -2.52. The highest BCUT2D eigenvalue weighted by Gasteiger charge is 2.41. The largest absolute Gasteiger partial charge is 0.490 e. The van der Waals surface area contributed by atoms with Crippen LogP contribution in [0.5, 0.6) is 5.75 Å². The van der Waals surface area contributed by atoms with Crippen molar-refractivity contribution >= 4 is 23.4 Å². The summed E-state index contributed by atoms with van der Waals surface area (Å²) < 4.78 is 6.05. The normalized spacial score (nSPS) is 25.2. The van der Waals surface area contributed by atoms with E-state index in [1.54, 1.807) is 4.90 Å². The molecule has 3 aliphatic rings. The fraction of sp³-hybridized carbons (Fsp3) is 0.526. The van der Waals surface area contributed by atoms with Crippen LogP contribution in [0.15, 0.2) is 12.1 Å². The zero-order chi connectivity index (χ0) is 18.4. The summed E-state index contributed by atoms with van der Waals surface area (Å²) in [5.41, 5.74) is 2.23. The number of fused-ring (bicyclic) bond motifs is 3. The van der Waals surface area contributed by atoms with Gasteiger partial charge in [-0.15, -0.1) is 0 Å². The van der Waals surface area contributed by atoms with Gasteiger partial charge in [0.25, 0.3) is 5.91 Å². The molecule has 7 heteroatoms. The van der Waals surface area contributed by atoms with Crippen molar-refractivity contribution in [3.63, 3.8) is 0 Å². The van der Waals surface area contributed by atoms with Crippen LogP contribution in [0.4, 0.5) is 5.69 Å². The van der Waals surface area contributed by atoms with E-state index in [-0.39, 0.29) is 18.2 Å². The van der Waals surface area contributed by atoms with E-state index < -0.39 is 11.9 Å². The number of nitrogens with zero attached hydrogens (tertiary/aromatic N) is 1. The summed E-state index contributed by atoms with van der Waals surface area (Å²) in [6.07, 6.45) is 0.615. The average Bonchev–Trinajstić information content (AvgIpc) is 2.79. The van der Waals surface area contributed by atoms with E-state index in [1.807, 2.05) is 12.1 Å². The Morgan fingerprint density at radius 1 is 1.23 bits per heavy atom.